The van der Waals surface area contributed by atoms with Crippen LogP contribution >= 0.6 is 0 Å². The highest BCUT2D eigenvalue weighted by Crippen LogP contribution is 2.32. The summed E-state index contributed by atoms with van der Waals surface area (Å²) in [5.41, 5.74) is 1.15. The van der Waals surface area contributed by atoms with Crippen LogP contribution in [0.2, 0.25) is 0 Å². The van der Waals surface area contributed by atoms with Crippen molar-refractivity contribution in [1.29, 1.82) is 0 Å². The van der Waals surface area contributed by atoms with Crippen LogP contribution in [0.3, 0.4) is 0 Å². The number of anilines is 3. The van der Waals surface area contributed by atoms with Gasteiger partial charge in [0.15, 0.2) is 5.82 Å². The fourth-order valence-corrected chi connectivity index (χ4v) is 4.74. The number of imidazole rings is 1. The molecule has 2 aliphatic rings. The molecule has 0 bridgehead atoms. The molecule has 40 heavy (non-hydrogen) atoms. The summed E-state index contributed by atoms with van der Waals surface area (Å²) in [6.07, 6.45) is 1.17. The molecule has 2 fully saturated rings. The molecule has 1 atom stereocenters. The van der Waals surface area contributed by atoms with Crippen LogP contribution in [-0.4, -0.2) is 99.0 Å². The van der Waals surface area contributed by atoms with E-state index < -0.39 is 12.2 Å². The normalized spacial score (nSPS) is 18.0. The van der Waals surface area contributed by atoms with Crippen LogP contribution in [0.1, 0.15) is 18.7 Å². The number of aromatic nitrogens is 7. The lowest BCUT2D eigenvalue weighted by Gasteiger charge is -2.27. The molecule has 3 aromatic heterocycles. The van der Waals surface area contributed by atoms with Crippen LogP contribution in [0.4, 0.5) is 26.4 Å². The summed E-state index contributed by atoms with van der Waals surface area (Å²) < 4.78 is 46.4. The molecular formula is C25H28F2N10O3. The van der Waals surface area contributed by atoms with Crippen LogP contribution in [-0.2, 0) is 4.74 Å². The van der Waals surface area contributed by atoms with Crippen molar-refractivity contribution in [2.45, 2.75) is 19.0 Å². The standard InChI is InChI=1S/C25H28F2N10O3/c1-35-7-6-16(14-35)40-25-28-12-15(13-29-25)30-22-32-23(36-8-10-39-11-9-36)34-24(33-22)37-17-4-3-5-18(38-2)19(17)31-21(37)20(26)27/h3-5,12-13,16,20H,6-11,14H2,1-2H3,(H,30,32,33,34). The van der Waals surface area contributed by atoms with Gasteiger partial charge in [0.25, 0.3) is 6.43 Å². The number of hydrogen-bond acceptors (Lipinski definition) is 12. The fraction of sp³-hybridized carbons (Fsp3) is 0.440. The number of hydrogen-bond donors (Lipinski definition) is 1. The summed E-state index contributed by atoms with van der Waals surface area (Å²) in [6, 6.07) is 5.29. The smallest absolute Gasteiger partial charge is 0.316 e. The first-order chi connectivity index (χ1) is 19.5. The Morgan fingerprint density at radius 1 is 1.02 bits per heavy atom. The van der Waals surface area contributed by atoms with Crippen molar-refractivity contribution in [3.8, 4) is 17.7 Å². The molecule has 2 saturated heterocycles. The van der Waals surface area contributed by atoms with Crippen molar-refractivity contribution in [2.75, 3.05) is 63.8 Å². The highest BCUT2D eigenvalue weighted by atomic mass is 19.3. The molecule has 0 spiro atoms. The molecule has 210 valence electrons. The molecule has 2 aliphatic heterocycles. The topological polar surface area (TPSA) is 128 Å². The molecule has 13 nitrogen and oxygen atoms in total. The minimum absolute atomic E-state index is 0.0173. The van der Waals surface area contributed by atoms with Gasteiger partial charge in [-0.15, -0.1) is 0 Å². The van der Waals surface area contributed by atoms with Crippen LogP contribution in [0, 0.1) is 0 Å². The largest absolute Gasteiger partial charge is 0.494 e. The number of rotatable bonds is 8. The number of nitrogens with one attached hydrogen (secondary N) is 1. The lowest BCUT2D eigenvalue weighted by molar-refractivity contribution is 0.122. The summed E-state index contributed by atoms with van der Waals surface area (Å²) in [4.78, 5) is 30.5. The number of para-hydroxylation sites is 1. The van der Waals surface area contributed by atoms with Crippen LogP contribution < -0.4 is 19.7 Å². The molecule has 0 saturated carbocycles. The van der Waals surface area contributed by atoms with Crippen LogP contribution in [0.5, 0.6) is 11.8 Å². The average molecular weight is 555 g/mol. The molecule has 6 rings (SSSR count). The number of morpholine rings is 1. The molecule has 1 aromatic carbocycles. The number of alkyl halides is 2. The number of ether oxygens (including phenoxy) is 3. The van der Waals surface area contributed by atoms with E-state index in [1.807, 2.05) is 11.9 Å². The van der Waals surface area contributed by atoms with Crippen LogP contribution in [0.15, 0.2) is 30.6 Å². The van der Waals surface area contributed by atoms with E-state index in [0.29, 0.717) is 49.2 Å². The van der Waals surface area contributed by atoms with E-state index in [1.54, 1.807) is 30.6 Å². The monoisotopic (exact) mass is 554 g/mol. The number of methoxy groups -OCH3 is 1. The molecule has 15 heteroatoms. The maximum absolute atomic E-state index is 14.2. The summed E-state index contributed by atoms with van der Waals surface area (Å²) in [7, 11) is 3.50. The first kappa shape index (κ1) is 26.0. The molecule has 5 heterocycles. The Hall–Kier alpha value is -4.24. The van der Waals surface area contributed by atoms with Gasteiger partial charge in [0.2, 0.25) is 17.8 Å². The second-order valence-electron chi connectivity index (χ2n) is 9.46. The predicted molar refractivity (Wildman–Crippen MR) is 141 cm³/mol. The Bertz CT molecular complexity index is 1480. The van der Waals surface area contributed by atoms with Gasteiger partial charge in [-0.1, -0.05) is 6.07 Å². The number of fused-ring (bicyclic) bond motifs is 1. The second-order valence-corrected chi connectivity index (χ2v) is 9.46. The number of benzene rings is 1. The SMILES string of the molecule is COc1cccc2c1nc(C(F)F)n2-c1nc(Nc2cnc(OC3CCN(C)C3)nc2)nc(N2CCOCC2)n1. The predicted octanol–water partition coefficient (Wildman–Crippen LogP) is 2.61. The van der Waals surface area contributed by atoms with Gasteiger partial charge in [0.1, 0.15) is 17.4 Å². The third kappa shape index (κ3) is 5.29. The fourth-order valence-electron chi connectivity index (χ4n) is 4.74. The van der Waals surface area contributed by atoms with Crippen molar-refractivity contribution >= 4 is 28.6 Å². The van der Waals surface area contributed by atoms with E-state index in [4.69, 9.17) is 14.2 Å². The Morgan fingerprint density at radius 2 is 1.80 bits per heavy atom. The third-order valence-corrected chi connectivity index (χ3v) is 6.70. The van der Waals surface area contributed by atoms with Gasteiger partial charge in [0.05, 0.1) is 43.9 Å². The van der Waals surface area contributed by atoms with E-state index in [9.17, 15) is 8.78 Å². The van der Waals surface area contributed by atoms with Crippen molar-refractivity contribution in [2.24, 2.45) is 0 Å². The van der Waals surface area contributed by atoms with E-state index >= 15 is 0 Å². The quantitative estimate of drug-likeness (QED) is 0.344. The maximum Gasteiger partial charge on any atom is 0.316 e. The third-order valence-electron chi connectivity index (χ3n) is 6.70. The highest BCUT2D eigenvalue weighted by Gasteiger charge is 2.26. The molecule has 0 aliphatic carbocycles. The highest BCUT2D eigenvalue weighted by molar-refractivity contribution is 5.84. The lowest BCUT2D eigenvalue weighted by atomic mass is 10.3. The Morgan fingerprint density at radius 3 is 2.50 bits per heavy atom. The van der Waals surface area contributed by atoms with Gasteiger partial charge < -0.3 is 29.3 Å². The first-order valence-electron chi connectivity index (χ1n) is 12.9. The maximum atomic E-state index is 14.2. The molecular weight excluding hydrogens is 526 g/mol. The lowest BCUT2D eigenvalue weighted by Crippen LogP contribution is -2.37. The van der Waals surface area contributed by atoms with E-state index in [-0.39, 0.29) is 29.5 Å². The van der Waals surface area contributed by atoms with Crippen molar-refractivity contribution in [3.05, 3.63) is 36.4 Å². The molecule has 4 aromatic rings. The van der Waals surface area contributed by atoms with Gasteiger partial charge in [-0.3, -0.25) is 4.57 Å². The van der Waals surface area contributed by atoms with Crippen LogP contribution in [0.25, 0.3) is 17.0 Å². The Balaban J connectivity index is 1.37. The first-order valence-corrected chi connectivity index (χ1v) is 12.9. The minimum Gasteiger partial charge on any atom is -0.494 e. The number of nitrogens with zero attached hydrogens (tertiary/aromatic N) is 9. The average Bonchev–Trinajstić information content (AvgIpc) is 3.57. The van der Waals surface area contributed by atoms with E-state index in [2.05, 4.69) is 40.1 Å². The summed E-state index contributed by atoms with van der Waals surface area (Å²) in [5.74, 6) is 0.282. The molecule has 0 amide bonds. The number of likely N-dealkylation sites (N-methyl/N-ethyl adjacent to an activating group) is 1. The van der Waals surface area contributed by atoms with Crippen molar-refractivity contribution in [3.63, 3.8) is 0 Å². The van der Waals surface area contributed by atoms with E-state index in [0.717, 1.165) is 19.5 Å². The van der Waals surface area contributed by atoms with Gasteiger partial charge in [-0.25, -0.2) is 23.7 Å². The van der Waals surface area contributed by atoms with Gasteiger partial charge in [-0.05, 0) is 25.6 Å². The van der Waals surface area contributed by atoms with E-state index in [1.165, 1.54) is 11.7 Å². The molecule has 1 N–H and O–H groups in total. The van der Waals surface area contributed by atoms with Gasteiger partial charge in [-0.2, -0.15) is 15.0 Å². The van der Waals surface area contributed by atoms with Crippen molar-refractivity contribution in [1.82, 2.24) is 39.4 Å². The van der Waals surface area contributed by atoms with Gasteiger partial charge in [0, 0.05) is 26.2 Å². The molecule has 0 radical (unpaired) electrons. The molecule has 1 unspecified atom stereocenters. The minimum atomic E-state index is -2.89. The van der Waals surface area contributed by atoms with Gasteiger partial charge >= 0.3 is 6.01 Å². The summed E-state index contributed by atoms with van der Waals surface area (Å²) in [5, 5.41) is 3.08. The zero-order valence-corrected chi connectivity index (χ0v) is 22.0. The number of halogens is 2. The second kappa shape index (κ2) is 11.1. The summed E-state index contributed by atoms with van der Waals surface area (Å²) >= 11 is 0. The van der Waals surface area contributed by atoms with Crippen molar-refractivity contribution < 1.29 is 23.0 Å². The zero-order valence-electron chi connectivity index (χ0n) is 22.0. The Labute approximate surface area is 228 Å². The Kier molecular flexibility index (Phi) is 7.21. The summed E-state index contributed by atoms with van der Waals surface area (Å²) in [6.45, 7) is 3.83. The zero-order chi connectivity index (χ0) is 27.6. The number of likely N-dealkylation sites (tertiary alicyclic amines) is 1.